The van der Waals surface area contributed by atoms with Gasteiger partial charge in [0, 0.05) is 76.3 Å². The molecule has 0 spiro atoms. The lowest BCUT2D eigenvalue weighted by molar-refractivity contribution is -0.136. The van der Waals surface area contributed by atoms with Crippen molar-refractivity contribution in [2.24, 2.45) is 0 Å². The molecule has 0 aromatic heterocycles. The highest BCUT2D eigenvalue weighted by molar-refractivity contribution is 5.77. The van der Waals surface area contributed by atoms with Gasteiger partial charge in [0.1, 0.15) is 0 Å². The van der Waals surface area contributed by atoms with Crippen LogP contribution in [0.4, 0.5) is 0 Å². The Balaban J connectivity index is 0.914. The smallest absolute Gasteiger partial charge is 0.222 e. The highest BCUT2D eigenvalue weighted by Crippen LogP contribution is 2.33. The van der Waals surface area contributed by atoms with Crippen LogP contribution in [-0.4, -0.2) is 81.8 Å². The zero-order valence-corrected chi connectivity index (χ0v) is 22.6. The maximum Gasteiger partial charge on any atom is 0.222 e. The fraction of sp³-hybridized carbons (Fsp3) is 0.562. The van der Waals surface area contributed by atoms with Crippen LogP contribution < -0.4 is 0 Å². The summed E-state index contributed by atoms with van der Waals surface area (Å²) in [6.45, 7) is 5.41. The molecular weight excluding hydrogens is 472 g/mol. The summed E-state index contributed by atoms with van der Waals surface area (Å²) in [5.41, 5.74) is 2.72. The van der Waals surface area contributed by atoms with Crippen LogP contribution in [0.1, 0.15) is 62.5 Å². The normalized spacial score (nSPS) is 27.2. The minimum absolute atomic E-state index is 0.279. The van der Waals surface area contributed by atoms with Gasteiger partial charge in [-0.25, -0.2) is 0 Å². The molecule has 4 aliphatic rings. The van der Waals surface area contributed by atoms with Gasteiger partial charge >= 0.3 is 0 Å². The Bertz CT molecular complexity index is 978. The number of likely N-dealkylation sites (tertiary alicyclic amines) is 2. The second kappa shape index (κ2) is 11.6. The van der Waals surface area contributed by atoms with Crippen LogP contribution in [0.15, 0.2) is 60.7 Å². The van der Waals surface area contributed by atoms with E-state index in [0.29, 0.717) is 37.0 Å². The van der Waals surface area contributed by atoms with Crippen LogP contribution in [0.2, 0.25) is 0 Å². The Kier molecular flexibility index (Phi) is 7.80. The number of rotatable bonds is 9. The van der Waals surface area contributed by atoms with Crippen LogP contribution in [0.25, 0.3) is 0 Å². The zero-order chi connectivity index (χ0) is 25.9. The number of hydrogen-bond acceptors (Lipinski definition) is 4. The third-order valence-corrected chi connectivity index (χ3v) is 9.42. The average Bonchev–Trinajstić information content (AvgIpc) is 3.29. The third-order valence-electron chi connectivity index (χ3n) is 9.42. The number of unbranched alkanes of at least 4 members (excludes halogenated alkanes) is 1. The van der Waals surface area contributed by atoms with Crippen LogP contribution in [0, 0.1) is 0 Å². The number of fused-ring (bicyclic) bond motifs is 4. The van der Waals surface area contributed by atoms with Gasteiger partial charge in [0.15, 0.2) is 0 Å². The Hall–Kier alpha value is -2.70. The Morgan fingerprint density at radius 1 is 0.553 bits per heavy atom. The van der Waals surface area contributed by atoms with Gasteiger partial charge in [-0.15, -0.1) is 0 Å². The Labute approximate surface area is 227 Å². The molecule has 0 aliphatic carbocycles. The second-order valence-electron chi connectivity index (χ2n) is 11.9. The predicted octanol–water partition coefficient (Wildman–Crippen LogP) is 4.30. The van der Waals surface area contributed by atoms with E-state index in [1.54, 1.807) is 0 Å². The number of piperazine rings is 2. The minimum atomic E-state index is 0.279. The van der Waals surface area contributed by atoms with Crippen LogP contribution in [0.3, 0.4) is 0 Å². The van der Waals surface area contributed by atoms with E-state index < -0.39 is 0 Å². The molecule has 2 aromatic carbocycles. The van der Waals surface area contributed by atoms with E-state index >= 15 is 0 Å². The molecular formula is C32H42N4O2. The van der Waals surface area contributed by atoms with Crippen molar-refractivity contribution in [3.8, 4) is 0 Å². The van der Waals surface area contributed by atoms with Crippen LogP contribution in [0.5, 0.6) is 0 Å². The first-order valence-corrected chi connectivity index (χ1v) is 14.8. The van der Waals surface area contributed by atoms with E-state index in [2.05, 4.69) is 80.3 Å². The van der Waals surface area contributed by atoms with Gasteiger partial charge < -0.3 is 9.80 Å². The van der Waals surface area contributed by atoms with Gasteiger partial charge in [-0.2, -0.15) is 0 Å². The summed E-state index contributed by atoms with van der Waals surface area (Å²) in [6, 6.07) is 23.3. The Morgan fingerprint density at radius 2 is 0.895 bits per heavy atom. The second-order valence-corrected chi connectivity index (χ2v) is 11.9. The molecule has 6 nitrogen and oxygen atoms in total. The van der Waals surface area contributed by atoms with Crippen molar-refractivity contribution >= 4 is 11.8 Å². The molecule has 4 atom stereocenters. The monoisotopic (exact) mass is 514 g/mol. The predicted molar refractivity (Wildman–Crippen MR) is 149 cm³/mol. The fourth-order valence-electron chi connectivity index (χ4n) is 7.36. The zero-order valence-electron chi connectivity index (χ0n) is 22.6. The molecule has 4 heterocycles. The molecule has 2 amide bonds. The number of amides is 2. The number of carbonyl (C=O) groups is 2. The molecule has 4 aliphatic heterocycles. The summed E-state index contributed by atoms with van der Waals surface area (Å²) in [5.74, 6) is 0.558. The van der Waals surface area contributed by atoms with E-state index in [0.717, 1.165) is 52.1 Å². The molecule has 4 fully saturated rings. The SMILES string of the molecule is O=C(CCCCC(=O)N1C[C@H]2CC[C@@H](C1)N2Cc1ccccc1)N1C[C@H]2CC[C@@H](C1)N2Cc1ccccc1. The van der Waals surface area contributed by atoms with E-state index in [4.69, 9.17) is 0 Å². The van der Waals surface area contributed by atoms with Crippen molar-refractivity contribution in [3.63, 3.8) is 0 Å². The van der Waals surface area contributed by atoms with E-state index in [9.17, 15) is 9.59 Å². The largest absolute Gasteiger partial charge is 0.340 e. The van der Waals surface area contributed by atoms with Crippen molar-refractivity contribution in [3.05, 3.63) is 71.8 Å². The quantitative estimate of drug-likeness (QED) is 0.468. The molecule has 6 heteroatoms. The molecule has 4 bridgehead atoms. The molecule has 0 N–H and O–H groups in total. The summed E-state index contributed by atoms with van der Waals surface area (Å²) < 4.78 is 0. The molecule has 0 radical (unpaired) electrons. The Morgan fingerprint density at radius 3 is 1.24 bits per heavy atom. The molecule has 2 aromatic rings. The van der Waals surface area contributed by atoms with Crippen LogP contribution >= 0.6 is 0 Å². The molecule has 0 saturated carbocycles. The van der Waals surface area contributed by atoms with E-state index in [-0.39, 0.29) is 11.8 Å². The summed E-state index contributed by atoms with van der Waals surface area (Å²) in [7, 11) is 0. The van der Waals surface area contributed by atoms with Crippen LogP contribution in [-0.2, 0) is 22.7 Å². The lowest BCUT2D eigenvalue weighted by Gasteiger charge is -2.41. The van der Waals surface area contributed by atoms with Gasteiger partial charge in [0.05, 0.1) is 0 Å². The highest BCUT2D eigenvalue weighted by atomic mass is 16.2. The summed E-state index contributed by atoms with van der Waals surface area (Å²) >= 11 is 0. The van der Waals surface area contributed by atoms with Gasteiger partial charge in [0.25, 0.3) is 0 Å². The summed E-state index contributed by atoms with van der Waals surface area (Å²) in [4.78, 5) is 35.5. The average molecular weight is 515 g/mol. The third kappa shape index (κ3) is 5.67. The van der Waals surface area contributed by atoms with Gasteiger partial charge in [-0.05, 0) is 49.7 Å². The van der Waals surface area contributed by atoms with Gasteiger partial charge in [-0.1, -0.05) is 60.7 Å². The first-order chi connectivity index (χ1) is 18.6. The van der Waals surface area contributed by atoms with Crippen molar-refractivity contribution in [2.45, 2.75) is 88.6 Å². The molecule has 4 saturated heterocycles. The first-order valence-electron chi connectivity index (χ1n) is 14.8. The highest BCUT2D eigenvalue weighted by Gasteiger charge is 2.42. The van der Waals surface area contributed by atoms with Gasteiger partial charge in [0.2, 0.25) is 11.8 Å². The molecule has 38 heavy (non-hydrogen) atoms. The fourth-order valence-corrected chi connectivity index (χ4v) is 7.36. The standard InChI is InChI=1S/C32H42N4O2/c37-31(33-21-27-15-16-28(22-33)35(27)19-25-9-3-1-4-10-25)13-7-8-14-32(38)34-23-29-17-18-30(24-34)36(29)20-26-11-5-2-6-12-26/h1-6,9-12,27-30H,7-8,13-24H2/t27-,28+,29-,30+. The molecule has 202 valence electrons. The minimum Gasteiger partial charge on any atom is -0.340 e. The maximum absolute atomic E-state index is 13.0. The van der Waals surface area contributed by atoms with Gasteiger partial charge in [-0.3, -0.25) is 19.4 Å². The van der Waals surface area contributed by atoms with Crippen molar-refractivity contribution in [1.29, 1.82) is 0 Å². The summed E-state index contributed by atoms with van der Waals surface area (Å²) in [5, 5.41) is 0. The number of nitrogens with zero attached hydrogens (tertiary/aromatic N) is 4. The summed E-state index contributed by atoms with van der Waals surface area (Å²) in [6.07, 6.45) is 7.53. The molecule has 0 unspecified atom stereocenters. The lowest BCUT2D eigenvalue weighted by atomic mass is 10.1. The van der Waals surface area contributed by atoms with Crippen molar-refractivity contribution in [2.75, 3.05) is 26.2 Å². The molecule has 6 rings (SSSR count). The topological polar surface area (TPSA) is 47.1 Å². The van der Waals surface area contributed by atoms with Crippen molar-refractivity contribution < 1.29 is 9.59 Å². The lowest BCUT2D eigenvalue weighted by Crippen LogP contribution is -2.55. The number of carbonyl (C=O) groups excluding carboxylic acids is 2. The number of hydrogen-bond donors (Lipinski definition) is 0. The van der Waals surface area contributed by atoms with E-state index in [1.807, 2.05) is 0 Å². The maximum atomic E-state index is 13.0. The van der Waals surface area contributed by atoms with E-state index in [1.165, 1.54) is 36.8 Å². The first kappa shape index (κ1) is 25.6. The number of benzene rings is 2. The van der Waals surface area contributed by atoms with Crippen molar-refractivity contribution in [1.82, 2.24) is 19.6 Å².